The van der Waals surface area contributed by atoms with Crippen molar-refractivity contribution in [2.45, 2.75) is 4.90 Å². The molecule has 1 heterocycles. The van der Waals surface area contributed by atoms with E-state index in [0.717, 1.165) is 6.07 Å². The van der Waals surface area contributed by atoms with Crippen molar-refractivity contribution < 1.29 is 18.1 Å². The molecule has 0 radical (unpaired) electrons. The highest BCUT2D eigenvalue weighted by atomic mass is 32.2. The molecular weight excluding hydrogens is 271 g/mol. The lowest BCUT2D eigenvalue weighted by Crippen LogP contribution is -2.42. The van der Waals surface area contributed by atoms with E-state index in [1.807, 2.05) is 0 Å². The normalized spacial score (nSPS) is 17.2. The summed E-state index contributed by atoms with van der Waals surface area (Å²) in [5, 5.41) is 0. The third-order valence-electron chi connectivity index (χ3n) is 2.84. The smallest absolute Gasteiger partial charge is 0.235 e. The molecular formula is C12H15FN2O3S. The van der Waals surface area contributed by atoms with Crippen LogP contribution in [0.25, 0.3) is 0 Å². The predicted octanol–water partition coefficient (Wildman–Crippen LogP) is 0.374. The van der Waals surface area contributed by atoms with Crippen molar-refractivity contribution in [3.8, 4) is 0 Å². The highest BCUT2D eigenvalue weighted by molar-refractivity contribution is 7.86. The molecule has 1 aromatic rings. The molecule has 1 aromatic carbocycles. The van der Waals surface area contributed by atoms with Crippen LogP contribution in [0, 0.1) is 5.82 Å². The molecule has 1 aliphatic rings. The molecule has 1 atom stereocenters. The van der Waals surface area contributed by atoms with E-state index in [2.05, 4.69) is 0 Å². The van der Waals surface area contributed by atoms with E-state index in [4.69, 9.17) is 10.5 Å². The van der Waals surface area contributed by atoms with E-state index < -0.39 is 16.6 Å². The van der Waals surface area contributed by atoms with Crippen molar-refractivity contribution in [3.63, 3.8) is 0 Å². The number of carbonyl (C=O) groups excluding carboxylic acids is 1. The summed E-state index contributed by atoms with van der Waals surface area (Å²) in [6, 6.07) is 3.64. The number of nitrogen functional groups attached to an aromatic ring is 1. The second-order valence-corrected chi connectivity index (χ2v) is 5.58. The summed E-state index contributed by atoms with van der Waals surface area (Å²) < 4.78 is 30.1. The molecule has 1 amide bonds. The van der Waals surface area contributed by atoms with Crippen LogP contribution in [0.2, 0.25) is 0 Å². The lowest BCUT2D eigenvalue weighted by molar-refractivity contribution is -0.132. The van der Waals surface area contributed by atoms with Crippen molar-refractivity contribution in [3.05, 3.63) is 24.0 Å². The maximum atomic E-state index is 12.9. The van der Waals surface area contributed by atoms with Crippen LogP contribution >= 0.6 is 0 Å². The molecule has 19 heavy (non-hydrogen) atoms. The second-order valence-electron chi connectivity index (χ2n) is 4.17. The topological polar surface area (TPSA) is 72.6 Å². The fraction of sp³-hybridized carbons (Fsp3) is 0.417. The van der Waals surface area contributed by atoms with Crippen LogP contribution in [-0.4, -0.2) is 47.1 Å². The van der Waals surface area contributed by atoms with Crippen molar-refractivity contribution in [1.29, 1.82) is 0 Å². The van der Waals surface area contributed by atoms with Crippen LogP contribution in [0.3, 0.4) is 0 Å². The Bertz CT molecular complexity index is 504. The van der Waals surface area contributed by atoms with Gasteiger partial charge in [0.2, 0.25) is 5.91 Å². The fourth-order valence-corrected chi connectivity index (χ4v) is 2.92. The maximum Gasteiger partial charge on any atom is 0.235 e. The number of anilines is 1. The average Bonchev–Trinajstić information content (AvgIpc) is 2.39. The zero-order valence-corrected chi connectivity index (χ0v) is 11.1. The first kappa shape index (κ1) is 14.0. The monoisotopic (exact) mass is 286 g/mol. The van der Waals surface area contributed by atoms with Crippen LogP contribution in [0.4, 0.5) is 10.1 Å². The van der Waals surface area contributed by atoms with E-state index in [1.54, 1.807) is 4.90 Å². The molecule has 1 unspecified atom stereocenters. The van der Waals surface area contributed by atoms with Gasteiger partial charge < -0.3 is 15.4 Å². The van der Waals surface area contributed by atoms with Crippen molar-refractivity contribution in [2.75, 3.05) is 37.8 Å². The van der Waals surface area contributed by atoms with Crippen LogP contribution in [-0.2, 0) is 20.3 Å². The minimum Gasteiger partial charge on any atom is -0.398 e. The third kappa shape index (κ3) is 3.51. The summed E-state index contributed by atoms with van der Waals surface area (Å²) in [6.07, 6.45) is 0. The van der Waals surface area contributed by atoms with Gasteiger partial charge in [0.05, 0.1) is 34.6 Å². The minimum absolute atomic E-state index is 0.105. The molecule has 1 saturated heterocycles. The number of amides is 1. The van der Waals surface area contributed by atoms with Crippen molar-refractivity contribution in [2.24, 2.45) is 0 Å². The molecule has 104 valence electrons. The first-order chi connectivity index (χ1) is 9.08. The molecule has 5 nitrogen and oxygen atoms in total. The van der Waals surface area contributed by atoms with Crippen LogP contribution in [0.1, 0.15) is 0 Å². The molecule has 0 bridgehead atoms. The number of nitrogens with two attached hydrogens (primary N) is 1. The van der Waals surface area contributed by atoms with E-state index in [-0.39, 0.29) is 17.3 Å². The van der Waals surface area contributed by atoms with Gasteiger partial charge >= 0.3 is 0 Å². The summed E-state index contributed by atoms with van der Waals surface area (Å²) in [5.74, 6) is -0.835. The van der Waals surface area contributed by atoms with Crippen molar-refractivity contribution in [1.82, 2.24) is 4.90 Å². The molecule has 0 saturated carbocycles. The molecule has 0 spiro atoms. The molecule has 0 aromatic heterocycles. The van der Waals surface area contributed by atoms with Crippen LogP contribution in [0.5, 0.6) is 0 Å². The predicted molar refractivity (Wildman–Crippen MR) is 69.5 cm³/mol. The molecule has 1 aliphatic heterocycles. The largest absolute Gasteiger partial charge is 0.398 e. The maximum absolute atomic E-state index is 12.9. The molecule has 2 rings (SSSR count). The highest BCUT2D eigenvalue weighted by Gasteiger charge is 2.20. The molecule has 2 N–H and O–H groups in total. The Kier molecular flexibility index (Phi) is 4.49. The van der Waals surface area contributed by atoms with Gasteiger partial charge in [-0.05, 0) is 18.2 Å². The molecule has 0 aliphatic carbocycles. The standard InChI is InChI=1S/C12H15FN2O3S/c13-9-1-2-11(10(14)7-9)19(17)8-12(16)15-3-5-18-6-4-15/h1-2,7H,3-6,8,14H2. The number of benzene rings is 1. The number of rotatable bonds is 3. The number of morpholine rings is 1. The first-order valence-corrected chi connectivity index (χ1v) is 7.19. The summed E-state index contributed by atoms with van der Waals surface area (Å²) in [5.41, 5.74) is 5.70. The van der Waals surface area contributed by atoms with Gasteiger partial charge in [-0.15, -0.1) is 0 Å². The number of ether oxygens (including phenoxy) is 1. The van der Waals surface area contributed by atoms with Gasteiger partial charge in [-0.1, -0.05) is 0 Å². The van der Waals surface area contributed by atoms with Gasteiger partial charge in [-0.2, -0.15) is 0 Å². The van der Waals surface area contributed by atoms with Crippen LogP contribution in [0.15, 0.2) is 23.1 Å². The van der Waals surface area contributed by atoms with E-state index in [0.29, 0.717) is 31.2 Å². The van der Waals surface area contributed by atoms with Crippen LogP contribution < -0.4 is 5.73 Å². The number of hydrogen-bond donors (Lipinski definition) is 1. The van der Waals surface area contributed by atoms with Gasteiger partial charge in [0, 0.05) is 13.1 Å². The molecule has 1 fully saturated rings. The summed E-state index contributed by atoms with van der Waals surface area (Å²) >= 11 is 0. The highest BCUT2D eigenvalue weighted by Crippen LogP contribution is 2.18. The third-order valence-corrected chi connectivity index (χ3v) is 4.21. The summed E-state index contributed by atoms with van der Waals surface area (Å²) in [6.45, 7) is 2.01. The number of halogens is 1. The summed E-state index contributed by atoms with van der Waals surface area (Å²) in [7, 11) is -1.56. The number of hydrogen-bond acceptors (Lipinski definition) is 4. The Morgan fingerprint density at radius 1 is 1.42 bits per heavy atom. The van der Waals surface area contributed by atoms with Gasteiger partial charge in [0.1, 0.15) is 11.6 Å². The Hall–Kier alpha value is -1.47. The van der Waals surface area contributed by atoms with E-state index in [1.165, 1.54) is 12.1 Å². The quantitative estimate of drug-likeness (QED) is 0.815. The van der Waals surface area contributed by atoms with E-state index >= 15 is 0 Å². The van der Waals surface area contributed by atoms with Gasteiger partial charge in [0.15, 0.2) is 0 Å². The van der Waals surface area contributed by atoms with E-state index in [9.17, 15) is 13.4 Å². The Balaban J connectivity index is 2.02. The second kappa shape index (κ2) is 6.12. The average molecular weight is 286 g/mol. The molecule has 7 heteroatoms. The lowest BCUT2D eigenvalue weighted by Gasteiger charge is -2.26. The zero-order valence-electron chi connectivity index (χ0n) is 10.3. The Morgan fingerprint density at radius 2 is 2.11 bits per heavy atom. The van der Waals surface area contributed by atoms with Crippen molar-refractivity contribution >= 4 is 22.4 Å². The first-order valence-electron chi connectivity index (χ1n) is 5.87. The fourth-order valence-electron chi connectivity index (χ4n) is 1.82. The number of nitrogens with zero attached hydrogens (tertiary/aromatic N) is 1. The number of carbonyl (C=O) groups is 1. The zero-order chi connectivity index (χ0) is 13.8. The van der Waals surface area contributed by atoms with Gasteiger partial charge in [-0.3, -0.25) is 9.00 Å². The lowest BCUT2D eigenvalue weighted by atomic mass is 10.3. The Labute approximate surface area is 113 Å². The SMILES string of the molecule is Nc1cc(F)ccc1S(=O)CC(=O)N1CCOCC1. The summed E-state index contributed by atoms with van der Waals surface area (Å²) in [4.78, 5) is 13.8. The Morgan fingerprint density at radius 3 is 2.74 bits per heavy atom. The van der Waals surface area contributed by atoms with Gasteiger partial charge in [0.25, 0.3) is 0 Å². The van der Waals surface area contributed by atoms with Gasteiger partial charge in [-0.25, -0.2) is 4.39 Å². The minimum atomic E-state index is -1.56.